The second kappa shape index (κ2) is 11.0. The highest BCUT2D eigenvalue weighted by Crippen LogP contribution is 2.37. The van der Waals surface area contributed by atoms with Gasteiger partial charge in [0.1, 0.15) is 5.82 Å². The molecule has 0 saturated carbocycles. The number of hydrogen-bond donors (Lipinski definition) is 3. The number of nitrogens with zero attached hydrogens (tertiary/aromatic N) is 2. The molecule has 0 bridgehead atoms. The molecule has 2 aromatic heterocycles. The van der Waals surface area contributed by atoms with Crippen molar-refractivity contribution in [2.24, 2.45) is 0 Å². The fourth-order valence-electron chi connectivity index (χ4n) is 3.43. The predicted molar refractivity (Wildman–Crippen MR) is 139 cm³/mol. The molecular weight excluding hydrogens is 446 g/mol. The SMILES string of the molecule is COCCNc1ccc2c(Nc3cc(C)ccc3Sc3ccc(NC(C)=O)cc3)ccnc2n1. The van der Waals surface area contributed by atoms with Gasteiger partial charge >= 0.3 is 0 Å². The van der Waals surface area contributed by atoms with Crippen LogP contribution in [0.3, 0.4) is 0 Å². The number of aromatic nitrogens is 2. The molecule has 3 N–H and O–H groups in total. The van der Waals surface area contributed by atoms with E-state index in [0.29, 0.717) is 18.8 Å². The summed E-state index contributed by atoms with van der Waals surface area (Å²) in [6.07, 6.45) is 1.76. The van der Waals surface area contributed by atoms with Crippen molar-refractivity contribution in [3.63, 3.8) is 0 Å². The highest BCUT2D eigenvalue weighted by molar-refractivity contribution is 7.99. The summed E-state index contributed by atoms with van der Waals surface area (Å²) < 4.78 is 5.09. The van der Waals surface area contributed by atoms with Crippen molar-refractivity contribution >= 4 is 51.6 Å². The van der Waals surface area contributed by atoms with Crippen LogP contribution in [0.4, 0.5) is 22.9 Å². The Morgan fingerprint density at radius 2 is 1.85 bits per heavy atom. The van der Waals surface area contributed by atoms with Gasteiger partial charge in [-0.1, -0.05) is 17.8 Å². The maximum atomic E-state index is 11.3. The van der Waals surface area contributed by atoms with Gasteiger partial charge in [0.2, 0.25) is 5.91 Å². The summed E-state index contributed by atoms with van der Waals surface area (Å²) in [5.41, 5.74) is 4.56. The Morgan fingerprint density at radius 1 is 1.03 bits per heavy atom. The number of pyridine rings is 2. The van der Waals surface area contributed by atoms with E-state index in [0.717, 1.165) is 43.6 Å². The van der Waals surface area contributed by atoms with Crippen LogP contribution < -0.4 is 16.0 Å². The quantitative estimate of drug-likeness (QED) is 0.263. The normalized spacial score (nSPS) is 10.8. The lowest BCUT2D eigenvalue weighted by Crippen LogP contribution is -2.08. The minimum atomic E-state index is -0.0811. The van der Waals surface area contributed by atoms with Crippen LogP contribution in [0.15, 0.2) is 76.7 Å². The molecule has 4 rings (SSSR count). The molecule has 7 nitrogen and oxygen atoms in total. The number of carbonyl (C=O) groups is 1. The second-order valence-electron chi connectivity index (χ2n) is 7.78. The molecule has 8 heteroatoms. The molecule has 0 aliphatic carbocycles. The summed E-state index contributed by atoms with van der Waals surface area (Å²) in [6.45, 7) is 4.87. The molecule has 2 aromatic carbocycles. The van der Waals surface area contributed by atoms with E-state index in [1.54, 1.807) is 25.1 Å². The molecule has 0 radical (unpaired) electrons. The molecule has 0 atom stereocenters. The predicted octanol–water partition coefficient (Wildman–Crippen LogP) is 5.85. The largest absolute Gasteiger partial charge is 0.383 e. The maximum absolute atomic E-state index is 11.3. The van der Waals surface area contributed by atoms with Crippen LogP contribution in [-0.4, -0.2) is 36.1 Å². The van der Waals surface area contributed by atoms with Crippen molar-refractivity contribution in [3.8, 4) is 0 Å². The zero-order valence-corrected chi connectivity index (χ0v) is 20.2. The Hall–Kier alpha value is -3.62. The lowest BCUT2D eigenvalue weighted by molar-refractivity contribution is -0.114. The molecule has 0 fully saturated rings. The maximum Gasteiger partial charge on any atom is 0.221 e. The van der Waals surface area contributed by atoms with E-state index < -0.39 is 0 Å². The summed E-state index contributed by atoms with van der Waals surface area (Å²) in [4.78, 5) is 22.5. The lowest BCUT2D eigenvalue weighted by atomic mass is 10.2. The van der Waals surface area contributed by atoms with Crippen molar-refractivity contribution in [2.75, 3.05) is 36.2 Å². The van der Waals surface area contributed by atoms with Crippen LogP contribution in [0.25, 0.3) is 11.0 Å². The van der Waals surface area contributed by atoms with Crippen molar-refractivity contribution in [3.05, 3.63) is 72.4 Å². The van der Waals surface area contributed by atoms with Gasteiger partial charge < -0.3 is 20.7 Å². The Morgan fingerprint density at radius 3 is 2.62 bits per heavy atom. The topological polar surface area (TPSA) is 88.2 Å². The second-order valence-corrected chi connectivity index (χ2v) is 8.89. The van der Waals surface area contributed by atoms with Gasteiger partial charge in [-0.05, 0) is 67.1 Å². The van der Waals surface area contributed by atoms with Crippen molar-refractivity contribution in [2.45, 2.75) is 23.6 Å². The fourth-order valence-corrected chi connectivity index (χ4v) is 4.31. The number of ether oxygens (including phenoxy) is 1. The third kappa shape index (κ3) is 6.03. The summed E-state index contributed by atoms with van der Waals surface area (Å²) in [6, 6.07) is 20.1. The first kappa shape index (κ1) is 23.5. The number of anilines is 4. The van der Waals surface area contributed by atoms with Gasteiger partial charge in [0.05, 0.1) is 18.0 Å². The van der Waals surface area contributed by atoms with Crippen molar-refractivity contribution in [1.82, 2.24) is 9.97 Å². The van der Waals surface area contributed by atoms with Crippen LogP contribution in [0.1, 0.15) is 12.5 Å². The summed E-state index contributed by atoms with van der Waals surface area (Å²) in [5, 5.41) is 10.6. The van der Waals surface area contributed by atoms with E-state index in [1.807, 2.05) is 42.5 Å². The third-order valence-corrected chi connectivity index (χ3v) is 6.11. The Balaban J connectivity index is 1.58. The lowest BCUT2D eigenvalue weighted by Gasteiger charge is -2.15. The average molecular weight is 474 g/mol. The number of aryl methyl sites for hydroxylation is 1. The van der Waals surface area contributed by atoms with E-state index in [4.69, 9.17) is 4.74 Å². The van der Waals surface area contributed by atoms with Gasteiger partial charge in [-0.15, -0.1) is 0 Å². The molecule has 4 aromatic rings. The van der Waals surface area contributed by atoms with Crippen LogP contribution in [0.5, 0.6) is 0 Å². The molecule has 0 spiro atoms. The van der Waals surface area contributed by atoms with E-state index >= 15 is 0 Å². The summed E-state index contributed by atoms with van der Waals surface area (Å²) >= 11 is 1.66. The number of nitrogens with one attached hydrogen (secondary N) is 3. The highest BCUT2D eigenvalue weighted by Gasteiger charge is 2.10. The number of fused-ring (bicyclic) bond motifs is 1. The zero-order valence-electron chi connectivity index (χ0n) is 19.4. The molecule has 0 aliphatic rings. The number of amides is 1. The van der Waals surface area contributed by atoms with E-state index in [9.17, 15) is 4.79 Å². The number of carbonyl (C=O) groups excluding carboxylic acids is 1. The van der Waals surface area contributed by atoms with Crippen LogP contribution in [0, 0.1) is 6.92 Å². The fraction of sp³-hybridized carbons (Fsp3) is 0.192. The Kier molecular flexibility index (Phi) is 7.61. The Bertz CT molecular complexity index is 1290. The first-order valence-electron chi connectivity index (χ1n) is 10.9. The third-order valence-electron chi connectivity index (χ3n) is 5.02. The molecule has 174 valence electrons. The smallest absolute Gasteiger partial charge is 0.221 e. The number of hydrogen-bond acceptors (Lipinski definition) is 7. The van der Waals surface area contributed by atoms with E-state index in [1.165, 1.54) is 6.92 Å². The van der Waals surface area contributed by atoms with Gasteiger partial charge in [0.15, 0.2) is 5.65 Å². The summed E-state index contributed by atoms with van der Waals surface area (Å²) in [7, 11) is 1.67. The Labute approximate surface area is 203 Å². The molecular formula is C26H27N5O2S. The monoisotopic (exact) mass is 473 g/mol. The van der Waals surface area contributed by atoms with Crippen LogP contribution in [0.2, 0.25) is 0 Å². The molecule has 1 amide bonds. The number of benzene rings is 2. The molecule has 2 heterocycles. The first-order chi connectivity index (χ1) is 16.5. The van der Waals surface area contributed by atoms with Crippen LogP contribution in [-0.2, 0) is 9.53 Å². The molecule has 34 heavy (non-hydrogen) atoms. The average Bonchev–Trinajstić information content (AvgIpc) is 2.82. The van der Waals surface area contributed by atoms with E-state index in [-0.39, 0.29) is 5.91 Å². The molecule has 0 saturated heterocycles. The minimum Gasteiger partial charge on any atom is -0.383 e. The van der Waals surface area contributed by atoms with Crippen molar-refractivity contribution < 1.29 is 9.53 Å². The van der Waals surface area contributed by atoms with Gasteiger partial charge in [0.25, 0.3) is 0 Å². The molecule has 0 aliphatic heterocycles. The van der Waals surface area contributed by atoms with Crippen molar-refractivity contribution in [1.29, 1.82) is 0 Å². The zero-order chi connectivity index (χ0) is 23.9. The van der Waals surface area contributed by atoms with Gasteiger partial charge in [-0.25, -0.2) is 9.97 Å². The number of methoxy groups -OCH3 is 1. The van der Waals surface area contributed by atoms with Gasteiger partial charge in [-0.3, -0.25) is 4.79 Å². The van der Waals surface area contributed by atoms with Gasteiger partial charge in [0, 0.05) is 47.6 Å². The summed E-state index contributed by atoms with van der Waals surface area (Å²) in [5.74, 6) is 0.686. The standard InChI is InChI=1S/C26H27N5O2S/c1-17-4-10-24(34-20-7-5-19(6-8-20)29-18(2)32)23(16-17)30-22-12-13-28-26-21(22)9-11-25(31-26)27-14-15-33-3/h4-13,16H,14-15H2,1-3H3,(H,29,32)(H2,27,28,30,31). The minimum absolute atomic E-state index is 0.0811. The van der Waals surface area contributed by atoms with Crippen LogP contribution >= 0.6 is 11.8 Å². The highest BCUT2D eigenvalue weighted by atomic mass is 32.2. The van der Waals surface area contributed by atoms with E-state index in [2.05, 4.69) is 51.0 Å². The first-order valence-corrected chi connectivity index (χ1v) is 11.8. The molecule has 0 unspecified atom stereocenters. The number of rotatable bonds is 9. The van der Waals surface area contributed by atoms with Gasteiger partial charge in [-0.2, -0.15) is 0 Å².